The molecule has 0 fully saturated rings. The highest BCUT2D eigenvalue weighted by molar-refractivity contribution is 5.84. The van der Waals surface area contributed by atoms with E-state index in [4.69, 9.17) is 10.00 Å². The Labute approximate surface area is 141 Å². The lowest BCUT2D eigenvalue weighted by Crippen LogP contribution is -2.25. The van der Waals surface area contributed by atoms with Gasteiger partial charge in [-0.25, -0.2) is 5.43 Å². The molecule has 0 spiro atoms. The minimum Gasteiger partial charge on any atom is -0.484 e. The lowest BCUT2D eigenvalue weighted by atomic mass is 10.1. The molecule has 24 heavy (non-hydrogen) atoms. The van der Waals surface area contributed by atoms with Crippen molar-refractivity contribution in [1.29, 1.82) is 5.26 Å². The van der Waals surface area contributed by atoms with Crippen LogP contribution >= 0.6 is 0 Å². The summed E-state index contributed by atoms with van der Waals surface area (Å²) in [6, 6.07) is 18.7. The van der Waals surface area contributed by atoms with Crippen LogP contribution in [-0.2, 0) is 11.2 Å². The van der Waals surface area contributed by atoms with E-state index in [0.717, 1.165) is 18.6 Å². The van der Waals surface area contributed by atoms with E-state index in [9.17, 15) is 4.79 Å². The van der Waals surface area contributed by atoms with Crippen molar-refractivity contribution in [2.24, 2.45) is 5.10 Å². The number of carbonyl (C=O) groups excluding carboxylic acids is 1. The second kappa shape index (κ2) is 9.11. The zero-order valence-corrected chi connectivity index (χ0v) is 13.5. The van der Waals surface area contributed by atoms with Gasteiger partial charge in [0, 0.05) is 5.71 Å². The highest BCUT2D eigenvalue weighted by Gasteiger charge is 2.02. The number of hydrogen-bond donors (Lipinski definition) is 1. The van der Waals surface area contributed by atoms with Gasteiger partial charge in [-0.05, 0) is 49.6 Å². The zero-order valence-electron chi connectivity index (χ0n) is 13.5. The van der Waals surface area contributed by atoms with Crippen LogP contribution in [0.15, 0.2) is 59.7 Å². The average Bonchev–Trinajstić information content (AvgIpc) is 2.64. The molecule has 2 aromatic rings. The molecule has 5 heteroatoms. The number of carbonyl (C=O) groups is 1. The van der Waals surface area contributed by atoms with Crippen molar-refractivity contribution >= 4 is 11.6 Å². The second-order valence-electron chi connectivity index (χ2n) is 5.29. The normalized spacial score (nSPS) is 10.8. The summed E-state index contributed by atoms with van der Waals surface area (Å²) in [7, 11) is 0. The Balaban J connectivity index is 1.72. The summed E-state index contributed by atoms with van der Waals surface area (Å²) in [6.07, 6.45) is 1.66. The van der Waals surface area contributed by atoms with Crippen LogP contribution < -0.4 is 10.2 Å². The fourth-order valence-electron chi connectivity index (χ4n) is 1.99. The van der Waals surface area contributed by atoms with E-state index in [0.29, 0.717) is 11.3 Å². The molecule has 0 unspecified atom stereocenters. The third-order valence-corrected chi connectivity index (χ3v) is 3.34. The monoisotopic (exact) mass is 321 g/mol. The molecule has 5 nitrogen and oxygen atoms in total. The molecule has 2 rings (SSSR count). The van der Waals surface area contributed by atoms with Crippen molar-refractivity contribution in [2.75, 3.05) is 6.61 Å². The Kier molecular flexibility index (Phi) is 6.54. The third kappa shape index (κ3) is 5.93. The first-order valence-corrected chi connectivity index (χ1v) is 7.66. The molecule has 0 aromatic heterocycles. The number of rotatable bonds is 7. The van der Waals surface area contributed by atoms with Gasteiger partial charge in [-0.15, -0.1) is 0 Å². The molecular formula is C19H19N3O2. The molecule has 0 saturated heterocycles. The smallest absolute Gasteiger partial charge is 0.277 e. The van der Waals surface area contributed by atoms with Crippen LogP contribution in [0.25, 0.3) is 0 Å². The lowest BCUT2D eigenvalue weighted by Gasteiger charge is -2.06. The van der Waals surface area contributed by atoms with Crippen LogP contribution in [0.3, 0.4) is 0 Å². The van der Waals surface area contributed by atoms with Crippen molar-refractivity contribution < 1.29 is 9.53 Å². The largest absolute Gasteiger partial charge is 0.484 e. The minimum absolute atomic E-state index is 0.124. The Hall–Kier alpha value is -3.13. The summed E-state index contributed by atoms with van der Waals surface area (Å²) < 4.78 is 5.34. The van der Waals surface area contributed by atoms with Crippen LogP contribution in [0.4, 0.5) is 0 Å². The maximum atomic E-state index is 11.7. The fourth-order valence-corrected chi connectivity index (χ4v) is 1.99. The molecular weight excluding hydrogens is 302 g/mol. The number of nitrogens with one attached hydrogen (secondary N) is 1. The van der Waals surface area contributed by atoms with E-state index in [-0.39, 0.29) is 12.5 Å². The summed E-state index contributed by atoms with van der Waals surface area (Å²) in [5, 5.41) is 12.8. The molecule has 1 amide bonds. The fraction of sp³-hybridized carbons (Fsp3) is 0.211. The van der Waals surface area contributed by atoms with Crippen molar-refractivity contribution in [3.05, 3.63) is 65.7 Å². The summed E-state index contributed by atoms with van der Waals surface area (Å²) in [4.78, 5) is 11.7. The number of hydrogen-bond acceptors (Lipinski definition) is 4. The molecule has 1 N–H and O–H groups in total. The predicted octanol–water partition coefficient (Wildman–Crippen LogP) is 3.06. The number of aryl methyl sites for hydroxylation is 1. The first-order chi connectivity index (χ1) is 11.7. The number of nitriles is 1. The van der Waals surface area contributed by atoms with Crippen molar-refractivity contribution in [1.82, 2.24) is 5.43 Å². The van der Waals surface area contributed by atoms with E-state index >= 15 is 0 Å². The molecule has 0 saturated carbocycles. The summed E-state index contributed by atoms with van der Waals surface area (Å²) in [5.41, 5.74) is 5.12. The third-order valence-electron chi connectivity index (χ3n) is 3.34. The SMILES string of the molecule is C/C(CCc1ccccc1)=N/NC(=O)COc1ccc(C#N)cc1. The highest BCUT2D eigenvalue weighted by Crippen LogP contribution is 2.11. The topological polar surface area (TPSA) is 74.5 Å². The maximum Gasteiger partial charge on any atom is 0.277 e. The van der Waals surface area contributed by atoms with Crippen molar-refractivity contribution in [3.8, 4) is 11.8 Å². The first kappa shape index (κ1) is 17.2. The van der Waals surface area contributed by atoms with Gasteiger partial charge in [0.2, 0.25) is 0 Å². The Bertz CT molecular complexity index is 731. The Morgan fingerprint density at radius 3 is 2.54 bits per heavy atom. The van der Waals surface area contributed by atoms with E-state index in [2.05, 4.69) is 22.7 Å². The van der Waals surface area contributed by atoms with Gasteiger partial charge >= 0.3 is 0 Å². The van der Waals surface area contributed by atoms with Gasteiger partial charge in [0.05, 0.1) is 11.6 Å². The van der Waals surface area contributed by atoms with Gasteiger partial charge in [0.15, 0.2) is 6.61 Å². The molecule has 0 atom stereocenters. The van der Waals surface area contributed by atoms with Gasteiger partial charge in [0.1, 0.15) is 5.75 Å². The van der Waals surface area contributed by atoms with Crippen molar-refractivity contribution in [2.45, 2.75) is 19.8 Å². The molecule has 0 aliphatic heterocycles. The van der Waals surface area contributed by atoms with Crippen LogP contribution in [-0.4, -0.2) is 18.2 Å². The van der Waals surface area contributed by atoms with Crippen LogP contribution in [0.5, 0.6) is 5.75 Å². The Morgan fingerprint density at radius 2 is 1.88 bits per heavy atom. The lowest BCUT2D eigenvalue weighted by molar-refractivity contribution is -0.123. The molecule has 0 radical (unpaired) electrons. The Morgan fingerprint density at radius 1 is 1.17 bits per heavy atom. The summed E-state index contributed by atoms with van der Waals surface area (Å²) in [5.74, 6) is 0.215. The molecule has 0 heterocycles. The first-order valence-electron chi connectivity index (χ1n) is 7.66. The minimum atomic E-state index is -0.321. The molecule has 0 aliphatic carbocycles. The summed E-state index contributed by atoms with van der Waals surface area (Å²) >= 11 is 0. The van der Waals surface area contributed by atoms with Crippen LogP contribution in [0.1, 0.15) is 24.5 Å². The molecule has 122 valence electrons. The van der Waals surface area contributed by atoms with Gasteiger partial charge in [-0.3, -0.25) is 4.79 Å². The molecule has 0 bridgehead atoms. The number of nitrogens with zero attached hydrogens (tertiary/aromatic N) is 2. The predicted molar refractivity (Wildman–Crippen MR) is 92.7 cm³/mol. The molecule has 2 aromatic carbocycles. The van der Waals surface area contributed by atoms with Gasteiger partial charge < -0.3 is 4.74 Å². The van der Waals surface area contributed by atoms with Crippen LogP contribution in [0, 0.1) is 11.3 Å². The summed E-state index contributed by atoms with van der Waals surface area (Å²) in [6.45, 7) is 1.76. The maximum absolute atomic E-state index is 11.7. The highest BCUT2D eigenvalue weighted by atomic mass is 16.5. The van der Waals surface area contributed by atoms with E-state index in [1.165, 1.54) is 5.56 Å². The quantitative estimate of drug-likeness (QED) is 0.629. The van der Waals surface area contributed by atoms with E-state index in [1.54, 1.807) is 24.3 Å². The molecule has 0 aliphatic rings. The van der Waals surface area contributed by atoms with E-state index < -0.39 is 0 Å². The van der Waals surface area contributed by atoms with Crippen LogP contribution in [0.2, 0.25) is 0 Å². The van der Waals surface area contributed by atoms with E-state index in [1.807, 2.05) is 31.2 Å². The van der Waals surface area contributed by atoms with Gasteiger partial charge in [0.25, 0.3) is 5.91 Å². The van der Waals surface area contributed by atoms with Gasteiger partial charge in [-0.1, -0.05) is 30.3 Å². The zero-order chi connectivity index (χ0) is 17.2. The average molecular weight is 321 g/mol. The second-order valence-corrected chi connectivity index (χ2v) is 5.29. The number of hydrazone groups is 1. The number of amides is 1. The number of ether oxygens (including phenoxy) is 1. The van der Waals surface area contributed by atoms with Gasteiger partial charge in [-0.2, -0.15) is 10.4 Å². The number of benzene rings is 2. The standard InChI is InChI=1S/C19H19N3O2/c1-15(7-8-16-5-3-2-4-6-16)21-22-19(23)14-24-18-11-9-17(13-20)10-12-18/h2-6,9-12H,7-8,14H2,1H3,(H,22,23)/b21-15-. The van der Waals surface area contributed by atoms with Crippen molar-refractivity contribution in [3.63, 3.8) is 0 Å².